The lowest BCUT2D eigenvalue weighted by Gasteiger charge is -2.27. The Morgan fingerprint density at radius 2 is 2.05 bits per heavy atom. The van der Waals surface area contributed by atoms with Gasteiger partial charge in [0.1, 0.15) is 17.3 Å². The number of hydrogen-bond donors (Lipinski definition) is 0. The van der Waals surface area contributed by atoms with E-state index in [9.17, 15) is 0 Å². The number of allylic oxidation sites excluding steroid dienone is 2. The Kier molecular flexibility index (Phi) is 4.18. The van der Waals surface area contributed by atoms with Crippen LogP contribution in [-0.4, -0.2) is 6.61 Å². The summed E-state index contributed by atoms with van der Waals surface area (Å²) in [5, 5.41) is 0. The number of benzene rings is 1. The minimum atomic E-state index is 0.0635. The van der Waals surface area contributed by atoms with E-state index in [1.54, 1.807) is 0 Å². The molecule has 0 unspecified atom stereocenters. The average molecular weight is 260 g/mol. The Labute approximate surface area is 116 Å². The zero-order valence-electron chi connectivity index (χ0n) is 12.5. The van der Waals surface area contributed by atoms with Crippen molar-refractivity contribution in [2.24, 2.45) is 5.41 Å². The van der Waals surface area contributed by atoms with E-state index in [0.717, 1.165) is 43.1 Å². The van der Waals surface area contributed by atoms with Crippen molar-refractivity contribution in [2.75, 3.05) is 6.61 Å². The molecular weight excluding hydrogens is 236 g/mol. The zero-order chi connectivity index (χ0) is 13.9. The minimum absolute atomic E-state index is 0.0635. The van der Waals surface area contributed by atoms with Crippen molar-refractivity contribution in [3.63, 3.8) is 0 Å². The third kappa shape index (κ3) is 3.52. The van der Waals surface area contributed by atoms with Gasteiger partial charge in [0.05, 0.1) is 6.61 Å². The maximum atomic E-state index is 5.98. The summed E-state index contributed by atoms with van der Waals surface area (Å²) in [5.74, 6) is 2.97. The molecule has 2 heteroatoms. The summed E-state index contributed by atoms with van der Waals surface area (Å²) in [6.07, 6.45) is 5.36. The van der Waals surface area contributed by atoms with Crippen molar-refractivity contribution in [1.82, 2.24) is 0 Å². The lowest BCUT2D eigenvalue weighted by Crippen LogP contribution is -2.18. The molecular formula is C17H24O2. The number of fused-ring (bicyclic) bond motifs is 1. The smallest absolute Gasteiger partial charge is 0.130 e. The Bertz CT molecular complexity index is 467. The van der Waals surface area contributed by atoms with Gasteiger partial charge in [-0.05, 0) is 37.1 Å². The van der Waals surface area contributed by atoms with Gasteiger partial charge in [-0.2, -0.15) is 0 Å². The normalized spacial score (nSPS) is 14.4. The molecule has 0 saturated heterocycles. The second-order valence-electron chi connectivity index (χ2n) is 6.10. The lowest BCUT2D eigenvalue weighted by molar-refractivity contribution is 0.281. The number of ether oxygens (including phenoxy) is 2. The summed E-state index contributed by atoms with van der Waals surface area (Å²) < 4.78 is 11.7. The van der Waals surface area contributed by atoms with Gasteiger partial charge in [0, 0.05) is 11.0 Å². The summed E-state index contributed by atoms with van der Waals surface area (Å²) in [7, 11) is 0. The molecule has 0 aromatic heterocycles. The van der Waals surface area contributed by atoms with E-state index in [2.05, 4.69) is 39.8 Å². The van der Waals surface area contributed by atoms with Gasteiger partial charge in [0.15, 0.2) is 0 Å². The lowest BCUT2D eigenvalue weighted by atomic mass is 9.91. The Balaban J connectivity index is 2.07. The molecule has 104 valence electrons. The van der Waals surface area contributed by atoms with Crippen molar-refractivity contribution < 1.29 is 9.47 Å². The second kappa shape index (κ2) is 5.68. The zero-order valence-corrected chi connectivity index (χ0v) is 12.5. The molecule has 19 heavy (non-hydrogen) atoms. The SMILES string of the molecule is CCCCOc1ccc2c(c1)CC=C(C(C)(C)C)O2. The monoisotopic (exact) mass is 260 g/mol. The van der Waals surface area contributed by atoms with E-state index in [0.29, 0.717) is 0 Å². The first-order chi connectivity index (χ1) is 9.00. The van der Waals surface area contributed by atoms with Crippen LogP contribution in [0.4, 0.5) is 0 Å². The molecule has 0 aliphatic carbocycles. The minimum Gasteiger partial charge on any atom is -0.494 e. The van der Waals surface area contributed by atoms with Crippen LogP contribution in [0.3, 0.4) is 0 Å². The van der Waals surface area contributed by atoms with Crippen LogP contribution < -0.4 is 9.47 Å². The van der Waals surface area contributed by atoms with Crippen LogP contribution in [0.2, 0.25) is 0 Å². The van der Waals surface area contributed by atoms with Crippen molar-refractivity contribution in [1.29, 1.82) is 0 Å². The van der Waals surface area contributed by atoms with Gasteiger partial charge in [0.2, 0.25) is 0 Å². The summed E-state index contributed by atoms with van der Waals surface area (Å²) in [6, 6.07) is 6.12. The number of hydrogen-bond acceptors (Lipinski definition) is 2. The fourth-order valence-corrected chi connectivity index (χ4v) is 2.06. The van der Waals surface area contributed by atoms with Crippen LogP contribution in [0, 0.1) is 5.41 Å². The van der Waals surface area contributed by atoms with Gasteiger partial charge >= 0.3 is 0 Å². The van der Waals surface area contributed by atoms with Crippen LogP contribution in [0.25, 0.3) is 0 Å². The van der Waals surface area contributed by atoms with E-state index in [1.807, 2.05) is 12.1 Å². The maximum absolute atomic E-state index is 5.98. The van der Waals surface area contributed by atoms with Crippen molar-refractivity contribution in [2.45, 2.75) is 47.0 Å². The van der Waals surface area contributed by atoms with Gasteiger partial charge in [-0.3, -0.25) is 0 Å². The van der Waals surface area contributed by atoms with Gasteiger partial charge in [0.25, 0.3) is 0 Å². The largest absolute Gasteiger partial charge is 0.494 e. The third-order valence-corrected chi connectivity index (χ3v) is 3.27. The molecule has 0 atom stereocenters. The van der Waals surface area contributed by atoms with Gasteiger partial charge in [-0.25, -0.2) is 0 Å². The maximum Gasteiger partial charge on any atom is 0.130 e. The molecule has 0 fully saturated rings. The highest BCUT2D eigenvalue weighted by atomic mass is 16.5. The average Bonchev–Trinajstić information content (AvgIpc) is 2.37. The molecule has 0 amide bonds. The van der Waals surface area contributed by atoms with E-state index in [4.69, 9.17) is 9.47 Å². The molecule has 1 heterocycles. The highest BCUT2D eigenvalue weighted by molar-refractivity contribution is 5.44. The van der Waals surface area contributed by atoms with Crippen LogP contribution in [-0.2, 0) is 6.42 Å². The topological polar surface area (TPSA) is 18.5 Å². The molecule has 0 spiro atoms. The molecule has 1 aromatic carbocycles. The molecule has 0 N–H and O–H groups in total. The quantitative estimate of drug-likeness (QED) is 0.729. The van der Waals surface area contributed by atoms with E-state index < -0.39 is 0 Å². The van der Waals surface area contributed by atoms with Crippen LogP contribution in [0.15, 0.2) is 30.0 Å². The molecule has 1 aliphatic rings. The molecule has 0 saturated carbocycles. The van der Waals surface area contributed by atoms with Crippen LogP contribution in [0.1, 0.15) is 46.1 Å². The molecule has 0 radical (unpaired) electrons. The molecule has 1 aromatic rings. The van der Waals surface area contributed by atoms with E-state index >= 15 is 0 Å². The molecule has 0 bridgehead atoms. The summed E-state index contributed by atoms with van der Waals surface area (Å²) in [4.78, 5) is 0. The predicted molar refractivity (Wildman–Crippen MR) is 78.7 cm³/mol. The predicted octanol–water partition coefficient (Wildman–Crippen LogP) is 4.73. The highest BCUT2D eigenvalue weighted by Gasteiger charge is 2.23. The standard InChI is InChI=1S/C17H24O2/c1-5-6-11-18-14-8-9-15-13(12-14)7-10-16(19-15)17(2,3)4/h8-10,12H,5-7,11H2,1-4H3. The second-order valence-corrected chi connectivity index (χ2v) is 6.10. The summed E-state index contributed by atoms with van der Waals surface area (Å²) in [6.45, 7) is 9.48. The Morgan fingerprint density at radius 3 is 2.74 bits per heavy atom. The van der Waals surface area contributed by atoms with E-state index in [1.165, 1.54) is 5.56 Å². The van der Waals surface area contributed by atoms with Crippen molar-refractivity contribution >= 4 is 0 Å². The van der Waals surface area contributed by atoms with Gasteiger partial charge in [-0.15, -0.1) is 0 Å². The molecule has 1 aliphatic heterocycles. The fraction of sp³-hybridized carbons (Fsp3) is 0.529. The molecule has 2 rings (SSSR count). The Hall–Kier alpha value is -1.44. The highest BCUT2D eigenvalue weighted by Crippen LogP contribution is 2.36. The van der Waals surface area contributed by atoms with Gasteiger partial charge < -0.3 is 9.47 Å². The van der Waals surface area contributed by atoms with Crippen LogP contribution in [0.5, 0.6) is 11.5 Å². The van der Waals surface area contributed by atoms with Crippen molar-refractivity contribution in [3.8, 4) is 11.5 Å². The van der Waals surface area contributed by atoms with Gasteiger partial charge in [-0.1, -0.05) is 34.1 Å². The van der Waals surface area contributed by atoms with Crippen LogP contribution >= 0.6 is 0 Å². The fourth-order valence-electron chi connectivity index (χ4n) is 2.06. The first kappa shape index (κ1) is 14.0. The number of unbranched alkanes of at least 4 members (excludes halogenated alkanes) is 1. The van der Waals surface area contributed by atoms with Crippen molar-refractivity contribution in [3.05, 3.63) is 35.6 Å². The van der Waals surface area contributed by atoms with E-state index in [-0.39, 0.29) is 5.41 Å². The number of rotatable bonds is 4. The molecule has 2 nitrogen and oxygen atoms in total. The third-order valence-electron chi connectivity index (χ3n) is 3.27. The first-order valence-electron chi connectivity index (χ1n) is 7.15. The summed E-state index contributed by atoms with van der Waals surface area (Å²) in [5.41, 5.74) is 1.27. The first-order valence-corrected chi connectivity index (χ1v) is 7.15. The summed E-state index contributed by atoms with van der Waals surface area (Å²) >= 11 is 0. The Morgan fingerprint density at radius 1 is 1.26 bits per heavy atom.